The van der Waals surface area contributed by atoms with E-state index >= 15 is 0 Å². The lowest BCUT2D eigenvalue weighted by Gasteiger charge is -2.14. The summed E-state index contributed by atoms with van der Waals surface area (Å²) in [5.74, 6) is -0.383. The Kier molecular flexibility index (Phi) is 3.84. The SMILES string of the molecule is CCOC(=O)C1=C(C)c2ccccc2C1CC(C)=O. The molecule has 100 valence electrons. The zero-order chi connectivity index (χ0) is 14.0. The average Bonchev–Trinajstić information content (AvgIpc) is 2.63. The Bertz CT molecular complexity index is 555. The summed E-state index contributed by atoms with van der Waals surface area (Å²) in [7, 11) is 0. The van der Waals surface area contributed by atoms with Crippen LogP contribution in [0.25, 0.3) is 5.57 Å². The third-order valence-electron chi connectivity index (χ3n) is 3.48. The topological polar surface area (TPSA) is 43.4 Å². The summed E-state index contributed by atoms with van der Waals surface area (Å²) >= 11 is 0. The number of rotatable bonds is 4. The van der Waals surface area contributed by atoms with Crippen LogP contribution in [0.1, 0.15) is 44.2 Å². The summed E-state index contributed by atoms with van der Waals surface area (Å²) < 4.78 is 5.13. The summed E-state index contributed by atoms with van der Waals surface area (Å²) in [4.78, 5) is 23.6. The monoisotopic (exact) mass is 258 g/mol. The molecule has 0 aliphatic heterocycles. The quantitative estimate of drug-likeness (QED) is 0.779. The number of ether oxygens (including phenoxy) is 1. The van der Waals surface area contributed by atoms with Crippen LogP contribution in [0.3, 0.4) is 0 Å². The maximum Gasteiger partial charge on any atom is 0.334 e. The molecule has 0 saturated heterocycles. The molecule has 1 aromatic rings. The van der Waals surface area contributed by atoms with E-state index in [9.17, 15) is 9.59 Å². The molecule has 2 rings (SSSR count). The van der Waals surface area contributed by atoms with Crippen LogP contribution in [0.5, 0.6) is 0 Å². The second kappa shape index (κ2) is 5.39. The number of fused-ring (bicyclic) bond motifs is 1. The van der Waals surface area contributed by atoms with Crippen LogP contribution in [0, 0.1) is 0 Å². The van der Waals surface area contributed by atoms with E-state index in [0.29, 0.717) is 18.6 Å². The summed E-state index contributed by atoms with van der Waals surface area (Å²) in [5, 5.41) is 0. The molecule has 0 radical (unpaired) electrons. The highest BCUT2D eigenvalue weighted by molar-refractivity contribution is 6.03. The number of esters is 1. The van der Waals surface area contributed by atoms with Gasteiger partial charge in [0.25, 0.3) is 0 Å². The Morgan fingerprint density at radius 3 is 2.58 bits per heavy atom. The Morgan fingerprint density at radius 2 is 1.95 bits per heavy atom. The number of hydrogen-bond acceptors (Lipinski definition) is 3. The molecule has 0 bridgehead atoms. The van der Waals surface area contributed by atoms with Crippen molar-refractivity contribution >= 4 is 17.3 Å². The maximum absolute atomic E-state index is 12.1. The minimum absolute atomic E-state index is 0.0799. The largest absolute Gasteiger partial charge is 0.463 e. The lowest BCUT2D eigenvalue weighted by molar-refractivity contribution is -0.138. The molecule has 1 aliphatic carbocycles. The van der Waals surface area contributed by atoms with Crippen LogP contribution in [-0.4, -0.2) is 18.4 Å². The first-order valence-electron chi connectivity index (χ1n) is 6.52. The van der Waals surface area contributed by atoms with E-state index < -0.39 is 0 Å². The lowest BCUT2D eigenvalue weighted by atomic mass is 9.91. The molecule has 1 aliphatic rings. The van der Waals surface area contributed by atoms with Gasteiger partial charge >= 0.3 is 5.97 Å². The number of ketones is 1. The van der Waals surface area contributed by atoms with Crippen molar-refractivity contribution in [2.75, 3.05) is 6.61 Å². The molecule has 0 heterocycles. The van der Waals surface area contributed by atoms with Crippen molar-refractivity contribution in [3.05, 3.63) is 41.0 Å². The first-order chi connectivity index (χ1) is 9.06. The second-order valence-electron chi connectivity index (χ2n) is 4.81. The predicted molar refractivity (Wildman–Crippen MR) is 73.7 cm³/mol. The molecule has 0 fully saturated rings. The third-order valence-corrected chi connectivity index (χ3v) is 3.48. The van der Waals surface area contributed by atoms with E-state index in [1.807, 2.05) is 31.2 Å². The molecule has 0 N–H and O–H groups in total. The Labute approximate surface area is 113 Å². The van der Waals surface area contributed by atoms with Gasteiger partial charge in [0.2, 0.25) is 0 Å². The van der Waals surface area contributed by atoms with Gasteiger partial charge in [-0.1, -0.05) is 24.3 Å². The van der Waals surface area contributed by atoms with Crippen LogP contribution in [0.2, 0.25) is 0 Å². The van der Waals surface area contributed by atoms with Gasteiger partial charge in [0.15, 0.2) is 0 Å². The van der Waals surface area contributed by atoms with Crippen molar-refractivity contribution in [2.24, 2.45) is 0 Å². The summed E-state index contributed by atoms with van der Waals surface area (Å²) in [6.07, 6.45) is 0.350. The summed E-state index contributed by atoms with van der Waals surface area (Å²) in [5.41, 5.74) is 3.67. The number of benzene rings is 1. The van der Waals surface area contributed by atoms with E-state index in [-0.39, 0.29) is 17.7 Å². The normalized spacial score (nSPS) is 17.3. The van der Waals surface area contributed by atoms with E-state index in [0.717, 1.165) is 16.7 Å². The summed E-state index contributed by atoms with van der Waals surface area (Å²) in [6, 6.07) is 7.86. The van der Waals surface area contributed by atoms with E-state index in [1.165, 1.54) is 0 Å². The van der Waals surface area contributed by atoms with Gasteiger partial charge in [0.1, 0.15) is 5.78 Å². The van der Waals surface area contributed by atoms with Crippen LogP contribution in [0.15, 0.2) is 29.8 Å². The standard InChI is InChI=1S/C16H18O3/c1-4-19-16(18)15-11(3)12-7-5-6-8-13(12)14(15)9-10(2)17/h5-8,14H,4,9H2,1-3H3. The molecule has 1 aromatic carbocycles. The van der Waals surface area contributed by atoms with Crippen molar-refractivity contribution in [3.8, 4) is 0 Å². The molecule has 0 saturated carbocycles. The van der Waals surface area contributed by atoms with Crippen molar-refractivity contribution < 1.29 is 14.3 Å². The van der Waals surface area contributed by atoms with Gasteiger partial charge in [-0.25, -0.2) is 4.79 Å². The highest BCUT2D eigenvalue weighted by atomic mass is 16.5. The molecule has 0 spiro atoms. The number of carbonyl (C=O) groups is 2. The predicted octanol–water partition coefficient (Wildman–Crippen LogP) is 3.10. The molecular formula is C16H18O3. The zero-order valence-electron chi connectivity index (χ0n) is 11.5. The fourth-order valence-corrected chi connectivity index (χ4v) is 2.71. The van der Waals surface area contributed by atoms with Gasteiger partial charge in [0.05, 0.1) is 6.61 Å². The molecule has 19 heavy (non-hydrogen) atoms. The molecular weight excluding hydrogens is 240 g/mol. The Balaban J connectivity index is 2.47. The van der Waals surface area contributed by atoms with Crippen LogP contribution >= 0.6 is 0 Å². The second-order valence-corrected chi connectivity index (χ2v) is 4.81. The smallest absolute Gasteiger partial charge is 0.334 e. The number of allylic oxidation sites excluding steroid dienone is 1. The number of hydrogen-bond donors (Lipinski definition) is 0. The van der Waals surface area contributed by atoms with Crippen LogP contribution in [-0.2, 0) is 14.3 Å². The molecule has 3 heteroatoms. The molecule has 3 nitrogen and oxygen atoms in total. The van der Waals surface area contributed by atoms with Crippen molar-refractivity contribution in [1.82, 2.24) is 0 Å². The minimum atomic E-state index is -0.303. The highest BCUT2D eigenvalue weighted by Crippen LogP contribution is 2.43. The zero-order valence-corrected chi connectivity index (χ0v) is 11.5. The maximum atomic E-state index is 12.1. The van der Waals surface area contributed by atoms with Crippen LogP contribution < -0.4 is 0 Å². The van der Waals surface area contributed by atoms with E-state index in [1.54, 1.807) is 13.8 Å². The highest BCUT2D eigenvalue weighted by Gasteiger charge is 2.34. The fourth-order valence-electron chi connectivity index (χ4n) is 2.71. The first kappa shape index (κ1) is 13.5. The van der Waals surface area contributed by atoms with Crippen molar-refractivity contribution in [1.29, 1.82) is 0 Å². The van der Waals surface area contributed by atoms with Gasteiger partial charge in [0, 0.05) is 17.9 Å². The molecule has 1 atom stereocenters. The van der Waals surface area contributed by atoms with Gasteiger partial charge in [-0.3, -0.25) is 4.79 Å². The van der Waals surface area contributed by atoms with E-state index in [2.05, 4.69) is 0 Å². The number of carbonyl (C=O) groups excluding carboxylic acids is 2. The minimum Gasteiger partial charge on any atom is -0.463 e. The van der Waals surface area contributed by atoms with E-state index in [4.69, 9.17) is 4.74 Å². The molecule has 0 aromatic heterocycles. The molecule has 0 amide bonds. The van der Waals surface area contributed by atoms with Gasteiger partial charge in [-0.2, -0.15) is 0 Å². The Morgan fingerprint density at radius 1 is 1.26 bits per heavy atom. The van der Waals surface area contributed by atoms with Gasteiger partial charge in [-0.05, 0) is 37.5 Å². The van der Waals surface area contributed by atoms with Crippen molar-refractivity contribution in [2.45, 2.75) is 33.1 Å². The number of Topliss-reactive ketones (excluding diaryl/α,β-unsaturated/α-hetero) is 1. The van der Waals surface area contributed by atoms with Crippen molar-refractivity contribution in [3.63, 3.8) is 0 Å². The van der Waals surface area contributed by atoms with Gasteiger partial charge in [-0.15, -0.1) is 0 Å². The third kappa shape index (κ3) is 2.46. The summed E-state index contributed by atoms with van der Waals surface area (Å²) in [6.45, 7) is 5.61. The van der Waals surface area contributed by atoms with Gasteiger partial charge < -0.3 is 4.74 Å². The van der Waals surface area contributed by atoms with Crippen LogP contribution in [0.4, 0.5) is 0 Å². The fraction of sp³-hybridized carbons (Fsp3) is 0.375. The molecule has 1 unspecified atom stereocenters. The lowest BCUT2D eigenvalue weighted by Crippen LogP contribution is -2.14. The first-order valence-corrected chi connectivity index (χ1v) is 6.52. The Hall–Kier alpha value is -1.90. The average molecular weight is 258 g/mol.